The van der Waals surface area contributed by atoms with Gasteiger partial charge in [-0.05, 0) is 0 Å². The van der Waals surface area contributed by atoms with Crippen LogP contribution in [-0.4, -0.2) is 6.21 Å². The first kappa shape index (κ1) is 9.53. The molecule has 2 heteroatoms. The van der Waals surface area contributed by atoms with Gasteiger partial charge in [-0.15, -0.1) is 30.3 Å². The molecule has 0 aliphatic carbocycles. The third-order valence-corrected chi connectivity index (χ3v) is 0.872. The molecule has 1 aromatic rings. The van der Waals surface area contributed by atoms with Crippen LogP contribution in [0.15, 0.2) is 24.3 Å². The first-order valence-electron chi connectivity index (χ1n) is 2.37. The zero-order valence-electron chi connectivity index (χ0n) is 5.33. The van der Waals surface area contributed by atoms with Crippen molar-refractivity contribution in [3.05, 3.63) is 41.3 Å². The van der Waals surface area contributed by atoms with Crippen molar-refractivity contribution in [2.24, 2.45) is 0 Å². The first-order valence-corrected chi connectivity index (χ1v) is 2.37. The molecule has 1 nitrogen and oxygen atoms in total. The largest absolute Gasteiger partial charge is 1.00 e. The van der Waals surface area contributed by atoms with Crippen LogP contribution in [0.1, 0.15) is 5.56 Å². The minimum atomic E-state index is 0. The van der Waals surface area contributed by atoms with Crippen LogP contribution in [0.4, 0.5) is 0 Å². The predicted octanol–water partition coefficient (Wildman–Crippen LogP) is -1.52. The number of benzene rings is 1. The Morgan fingerprint density at radius 2 is 2.22 bits per heavy atom. The molecule has 0 aromatic heterocycles. The van der Waals surface area contributed by atoms with E-state index in [-0.39, 0.29) is 51.4 Å². The maximum Gasteiger partial charge on any atom is 1.00 e. The van der Waals surface area contributed by atoms with Crippen molar-refractivity contribution in [2.75, 3.05) is 0 Å². The quantitative estimate of drug-likeness (QED) is 0.258. The van der Waals surface area contributed by atoms with Crippen molar-refractivity contribution >= 4 is 6.21 Å². The standard InChI is InChI=1S/C7H5N.K/c8-6-7-4-2-1-3-5-7;/h1-4,6H;/q-2;+1. The van der Waals surface area contributed by atoms with Crippen LogP contribution >= 0.6 is 0 Å². The summed E-state index contributed by atoms with van der Waals surface area (Å²) < 4.78 is 0. The number of hydrogen-bond acceptors (Lipinski definition) is 0. The van der Waals surface area contributed by atoms with Gasteiger partial charge in [-0.3, -0.25) is 6.21 Å². The van der Waals surface area contributed by atoms with Crippen LogP contribution in [0, 0.1) is 6.07 Å². The zero-order valence-corrected chi connectivity index (χ0v) is 8.46. The fourth-order valence-electron chi connectivity index (χ4n) is 0.488. The van der Waals surface area contributed by atoms with E-state index in [1.807, 2.05) is 12.1 Å². The van der Waals surface area contributed by atoms with Gasteiger partial charge in [0.25, 0.3) is 0 Å². The number of rotatable bonds is 1. The second-order valence-electron chi connectivity index (χ2n) is 1.45. The Kier molecular flexibility index (Phi) is 5.63. The van der Waals surface area contributed by atoms with Gasteiger partial charge in [0.2, 0.25) is 0 Å². The van der Waals surface area contributed by atoms with E-state index in [1.165, 1.54) is 0 Å². The van der Waals surface area contributed by atoms with Gasteiger partial charge < -0.3 is 5.41 Å². The molecule has 0 fully saturated rings. The van der Waals surface area contributed by atoms with Crippen LogP contribution in [0.2, 0.25) is 0 Å². The Labute approximate surface area is 97.4 Å². The topological polar surface area (TPSA) is 22.3 Å². The second kappa shape index (κ2) is 5.32. The Hall–Kier alpha value is 0.526. The molecular weight excluding hydrogens is 137 g/mol. The maximum atomic E-state index is 8.38. The average Bonchev–Trinajstić information content (AvgIpc) is 1.90. The molecule has 0 aliphatic rings. The van der Waals surface area contributed by atoms with E-state index in [9.17, 15) is 0 Å². The minimum absolute atomic E-state index is 0. The van der Waals surface area contributed by atoms with E-state index in [0.29, 0.717) is 5.56 Å². The number of hydrogen-bond donors (Lipinski definition) is 0. The predicted molar refractivity (Wildman–Crippen MR) is 33.8 cm³/mol. The molecule has 0 amide bonds. The van der Waals surface area contributed by atoms with Gasteiger partial charge in [0.1, 0.15) is 0 Å². The van der Waals surface area contributed by atoms with Crippen molar-refractivity contribution in [1.82, 2.24) is 0 Å². The second-order valence-corrected chi connectivity index (χ2v) is 1.45. The average molecular weight is 142 g/mol. The van der Waals surface area contributed by atoms with E-state index in [1.54, 1.807) is 12.1 Å². The monoisotopic (exact) mass is 142 g/mol. The summed E-state index contributed by atoms with van der Waals surface area (Å²) in [4.78, 5) is 0. The molecule has 0 atom stereocenters. The molecule has 1 rings (SSSR count). The maximum absolute atomic E-state index is 8.38. The molecule has 9 heavy (non-hydrogen) atoms. The Morgan fingerprint density at radius 1 is 1.44 bits per heavy atom. The van der Waals surface area contributed by atoms with Crippen LogP contribution in [0.5, 0.6) is 0 Å². The van der Waals surface area contributed by atoms with E-state index < -0.39 is 0 Å². The van der Waals surface area contributed by atoms with Crippen molar-refractivity contribution in [2.45, 2.75) is 0 Å². The van der Waals surface area contributed by atoms with E-state index in [2.05, 4.69) is 6.07 Å². The van der Waals surface area contributed by atoms with Crippen LogP contribution in [-0.2, 0) is 0 Å². The van der Waals surface area contributed by atoms with Gasteiger partial charge in [0, 0.05) is 0 Å². The molecule has 1 aromatic carbocycles. The molecule has 0 heterocycles. The van der Waals surface area contributed by atoms with Gasteiger partial charge in [0.05, 0.1) is 0 Å². The van der Waals surface area contributed by atoms with E-state index in [4.69, 9.17) is 5.41 Å². The zero-order chi connectivity index (χ0) is 5.82. The molecule has 0 saturated heterocycles. The molecule has 0 bridgehead atoms. The molecular formula is C7H5KN-. The van der Waals surface area contributed by atoms with Gasteiger partial charge in [-0.2, -0.15) is 5.56 Å². The third-order valence-electron chi connectivity index (χ3n) is 0.872. The summed E-state index contributed by atoms with van der Waals surface area (Å²) in [6.45, 7) is 0. The van der Waals surface area contributed by atoms with Crippen LogP contribution in [0.3, 0.4) is 0 Å². The van der Waals surface area contributed by atoms with Crippen molar-refractivity contribution in [3.8, 4) is 0 Å². The Morgan fingerprint density at radius 3 is 2.56 bits per heavy atom. The molecule has 0 N–H and O–H groups in total. The summed E-state index contributed by atoms with van der Waals surface area (Å²) >= 11 is 0. The molecule has 0 unspecified atom stereocenters. The summed E-state index contributed by atoms with van der Waals surface area (Å²) in [5, 5.41) is 8.38. The fourth-order valence-corrected chi connectivity index (χ4v) is 0.488. The number of nitrogens with zero attached hydrogens (tertiary/aromatic N) is 1. The summed E-state index contributed by atoms with van der Waals surface area (Å²) in [5.74, 6) is 0. The van der Waals surface area contributed by atoms with E-state index in [0.717, 1.165) is 6.21 Å². The minimum Gasteiger partial charge on any atom is -0.862 e. The SMILES string of the molecule is [K+].[N-]=Cc1[c-]cccc1. The smallest absolute Gasteiger partial charge is 0.862 e. The van der Waals surface area contributed by atoms with Gasteiger partial charge in [0.15, 0.2) is 0 Å². The summed E-state index contributed by atoms with van der Waals surface area (Å²) in [6.07, 6.45) is 1.03. The van der Waals surface area contributed by atoms with E-state index >= 15 is 0 Å². The molecule has 0 radical (unpaired) electrons. The van der Waals surface area contributed by atoms with Crippen molar-refractivity contribution in [1.29, 1.82) is 0 Å². The van der Waals surface area contributed by atoms with Crippen LogP contribution in [0.25, 0.3) is 5.41 Å². The van der Waals surface area contributed by atoms with Gasteiger partial charge in [-0.25, -0.2) is 0 Å². The normalized spacial score (nSPS) is 7.56. The fraction of sp³-hybridized carbons (Fsp3) is 0. The van der Waals surface area contributed by atoms with Gasteiger partial charge in [-0.1, -0.05) is 0 Å². The van der Waals surface area contributed by atoms with Crippen molar-refractivity contribution < 1.29 is 51.4 Å². The third kappa shape index (κ3) is 3.28. The Balaban J connectivity index is 0.000000640. The van der Waals surface area contributed by atoms with Crippen molar-refractivity contribution in [3.63, 3.8) is 0 Å². The first-order chi connectivity index (χ1) is 3.93. The summed E-state index contributed by atoms with van der Waals surface area (Å²) in [5.41, 5.74) is 0.715. The summed E-state index contributed by atoms with van der Waals surface area (Å²) in [7, 11) is 0. The Bertz CT molecular complexity index is 172. The summed E-state index contributed by atoms with van der Waals surface area (Å²) in [6, 6.07) is 10.0. The molecule has 40 valence electrons. The molecule has 0 saturated carbocycles. The molecule has 0 aliphatic heterocycles. The molecule has 0 spiro atoms. The van der Waals surface area contributed by atoms with Crippen LogP contribution < -0.4 is 51.4 Å². The van der Waals surface area contributed by atoms with Gasteiger partial charge >= 0.3 is 51.4 Å².